The molecule has 4 nitrogen and oxygen atoms in total. The van der Waals surface area contributed by atoms with Crippen LogP contribution in [-0.4, -0.2) is 35.1 Å². The molecule has 5 heteroatoms. The predicted octanol–water partition coefficient (Wildman–Crippen LogP) is 5.21. The van der Waals surface area contributed by atoms with Gasteiger partial charge in [-0.1, -0.05) is 55.8 Å². The Balaban J connectivity index is 1.66. The van der Waals surface area contributed by atoms with Crippen LogP contribution < -0.4 is 5.32 Å². The fraction of sp³-hybridized carbons (Fsp3) is 0.462. The number of nitrogens with one attached hydrogen (secondary N) is 1. The van der Waals surface area contributed by atoms with E-state index in [9.17, 15) is 9.59 Å². The number of nitrogens with zero attached hydrogens (tertiary/aromatic N) is 1. The summed E-state index contributed by atoms with van der Waals surface area (Å²) in [6.07, 6.45) is 7.37. The van der Waals surface area contributed by atoms with Crippen molar-refractivity contribution < 1.29 is 9.59 Å². The van der Waals surface area contributed by atoms with Gasteiger partial charge in [0.05, 0.1) is 0 Å². The van der Waals surface area contributed by atoms with Gasteiger partial charge in [-0.25, -0.2) is 0 Å². The van der Waals surface area contributed by atoms with E-state index in [0.717, 1.165) is 37.8 Å². The van der Waals surface area contributed by atoms with E-state index >= 15 is 0 Å². The van der Waals surface area contributed by atoms with E-state index in [0.29, 0.717) is 25.8 Å². The molecule has 0 bridgehead atoms. The molecule has 0 aromatic heterocycles. The Labute approximate surface area is 190 Å². The van der Waals surface area contributed by atoms with E-state index in [2.05, 4.69) is 54.9 Å². The molecule has 0 unspecified atom stereocenters. The number of carbonyl (C=O) groups excluding carboxylic acids is 2. The van der Waals surface area contributed by atoms with Gasteiger partial charge in [-0.2, -0.15) is 0 Å². The lowest BCUT2D eigenvalue weighted by Crippen LogP contribution is -2.45. The zero-order chi connectivity index (χ0) is 22.1. The summed E-state index contributed by atoms with van der Waals surface area (Å²) >= 11 is 1.72. The molecule has 1 aliphatic rings. The summed E-state index contributed by atoms with van der Waals surface area (Å²) < 4.78 is 0. The molecule has 1 aliphatic heterocycles. The SMILES string of the molecule is CCCCN(Cc1ccccc1)C(=O)CC[C@]1(Cc2ccc(SC)cc2)CCC(=O)N1. The summed E-state index contributed by atoms with van der Waals surface area (Å²) in [7, 11) is 0. The van der Waals surface area contributed by atoms with Crippen molar-refractivity contribution in [3.63, 3.8) is 0 Å². The fourth-order valence-electron chi connectivity index (χ4n) is 4.27. The predicted molar refractivity (Wildman–Crippen MR) is 128 cm³/mol. The first kappa shape index (κ1) is 23.4. The van der Waals surface area contributed by atoms with Gasteiger partial charge in [0.1, 0.15) is 0 Å². The number of amides is 2. The average molecular weight is 439 g/mol. The summed E-state index contributed by atoms with van der Waals surface area (Å²) in [5, 5.41) is 3.22. The maximum atomic E-state index is 13.2. The molecule has 0 aliphatic carbocycles. The van der Waals surface area contributed by atoms with Crippen LogP contribution in [0.25, 0.3) is 0 Å². The van der Waals surface area contributed by atoms with Gasteiger partial charge in [0, 0.05) is 36.4 Å². The van der Waals surface area contributed by atoms with Crippen molar-refractivity contribution in [3.8, 4) is 0 Å². The van der Waals surface area contributed by atoms with Gasteiger partial charge in [-0.3, -0.25) is 9.59 Å². The van der Waals surface area contributed by atoms with Crippen LogP contribution in [0.4, 0.5) is 0 Å². The lowest BCUT2D eigenvalue weighted by atomic mass is 9.85. The van der Waals surface area contributed by atoms with Crippen molar-refractivity contribution >= 4 is 23.6 Å². The smallest absolute Gasteiger partial charge is 0.222 e. The van der Waals surface area contributed by atoms with E-state index in [1.165, 1.54) is 10.5 Å². The first-order valence-corrected chi connectivity index (χ1v) is 12.5. The molecule has 31 heavy (non-hydrogen) atoms. The average Bonchev–Trinajstić information content (AvgIpc) is 3.16. The highest BCUT2D eigenvalue weighted by Crippen LogP contribution is 2.30. The number of unbranched alkanes of at least 4 members (excludes halogenated alkanes) is 1. The van der Waals surface area contributed by atoms with Gasteiger partial charge < -0.3 is 10.2 Å². The molecular formula is C26H34N2O2S. The quantitative estimate of drug-likeness (QED) is 0.490. The van der Waals surface area contributed by atoms with Crippen molar-refractivity contribution in [3.05, 3.63) is 65.7 Å². The molecule has 0 spiro atoms. The molecule has 0 radical (unpaired) electrons. The number of benzene rings is 2. The number of carbonyl (C=O) groups is 2. The Bertz CT molecular complexity index is 853. The van der Waals surface area contributed by atoms with Gasteiger partial charge in [0.25, 0.3) is 0 Å². The van der Waals surface area contributed by atoms with Crippen LogP contribution in [0.15, 0.2) is 59.5 Å². The minimum absolute atomic E-state index is 0.0975. The molecule has 166 valence electrons. The van der Waals surface area contributed by atoms with E-state index < -0.39 is 0 Å². The first-order chi connectivity index (χ1) is 15.0. The number of rotatable bonds is 11. The third-order valence-electron chi connectivity index (χ3n) is 6.10. The van der Waals surface area contributed by atoms with Crippen LogP contribution in [0.3, 0.4) is 0 Å². The van der Waals surface area contributed by atoms with E-state index in [-0.39, 0.29) is 17.4 Å². The third-order valence-corrected chi connectivity index (χ3v) is 6.85. The first-order valence-electron chi connectivity index (χ1n) is 11.3. The summed E-state index contributed by atoms with van der Waals surface area (Å²) in [4.78, 5) is 28.5. The highest BCUT2D eigenvalue weighted by molar-refractivity contribution is 7.98. The Hall–Kier alpha value is -2.27. The second kappa shape index (κ2) is 11.4. The van der Waals surface area contributed by atoms with E-state index in [1.807, 2.05) is 23.1 Å². The lowest BCUT2D eigenvalue weighted by Gasteiger charge is -2.31. The molecule has 2 amide bonds. The minimum atomic E-state index is -0.323. The zero-order valence-corrected chi connectivity index (χ0v) is 19.5. The Morgan fingerprint density at radius 1 is 1.10 bits per heavy atom. The molecule has 1 heterocycles. The van der Waals surface area contributed by atoms with Crippen LogP contribution in [0.1, 0.15) is 56.6 Å². The minimum Gasteiger partial charge on any atom is -0.350 e. The Morgan fingerprint density at radius 2 is 1.84 bits per heavy atom. The standard InChI is InChI=1S/C26H34N2O2S/c1-3-4-18-28(20-22-8-6-5-7-9-22)25(30)15-17-26(16-14-24(29)27-26)19-21-10-12-23(31-2)13-11-21/h5-13H,3-4,14-20H2,1-2H3,(H,27,29)/t26-/m0/s1. The Kier molecular flexibility index (Phi) is 8.59. The second-order valence-electron chi connectivity index (χ2n) is 8.51. The topological polar surface area (TPSA) is 49.4 Å². The molecule has 1 saturated heterocycles. The van der Waals surface area contributed by atoms with Crippen molar-refractivity contribution in [1.82, 2.24) is 10.2 Å². The fourth-order valence-corrected chi connectivity index (χ4v) is 4.67. The maximum Gasteiger partial charge on any atom is 0.222 e. The third kappa shape index (κ3) is 6.86. The number of thioether (sulfide) groups is 1. The second-order valence-corrected chi connectivity index (χ2v) is 9.39. The molecule has 1 fully saturated rings. The van der Waals surface area contributed by atoms with Crippen molar-refractivity contribution in [2.24, 2.45) is 0 Å². The van der Waals surface area contributed by atoms with Crippen molar-refractivity contribution in [1.29, 1.82) is 0 Å². The van der Waals surface area contributed by atoms with Crippen LogP contribution in [0.5, 0.6) is 0 Å². The van der Waals surface area contributed by atoms with E-state index in [4.69, 9.17) is 0 Å². The normalized spacial score (nSPS) is 18.1. The number of hydrogen-bond donors (Lipinski definition) is 1. The van der Waals surface area contributed by atoms with Crippen molar-refractivity contribution in [2.45, 2.75) is 68.8 Å². The monoisotopic (exact) mass is 438 g/mol. The summed E-state index contributed by atoms with van der Waals surface area (Å²) in [5.41, 5.74) is 2.04. The molecule has 2 aromatic carbocycles. The summed E-state index contributed by atoms with van der Waals surface area (Å²) in [5.74, 6) is 0.274. The van der Waals surface area contributed by atoms with Gasteiger partial charge in [-0.05, 0) is 55.2 Å². The molecule has 1 N–H and O–H groups in total. The molecule has 2 aromatic rings. The van der Waals surface area contributed by atoms with Crippen LogP contribution in [0.2, 0.25) is 0 Å². The largest absolute Gasteiger partial charge is 0.350 e. The van der Waals surface area contributed by atoms with Gasteiger partial charge in [-0.15, -0.1) is 11.8 Å². The molecule has 0 saturated carbocycles. The molecule has 1 atom stereocenters. The molecule has 3 rings (SSSR count). The summed E-state index contributed by atoms with van der Waals surface area (Å²) in [6.45, 7) is 3.57. The van der Waals surface area contributed by atoms with Gasteiger partial charge in [0.15, 0.2) is 0 Å². The van der Waals surface area contributed by atoms with Crippen molar-refractivity contribution in [2.75, 3.05) is 12.8 Å². The van der Waals surface area contributed by atoms with Crippen LogP contribution in [-0.2, 0) is 22.6 Å². The molecular weight excluding hydrogens is 404 g/mol. The zero-order valence-electron chi connectivity index (χ0n) is 18.7. The highest BCUT2D eigenvalue weighted by atomic mass is 32.2. The maximum absolute atomic E-state index is 13.2. The lowest BCUT2D eigenvalue weighted by molar-refractivity contribution is -0.132. The van der Waals surface area contributed by atoms with Crippen LogP contribution in [0, 0.1) is 0 Å². The Morgan fingerprint density at radius 3 is 2.45 bits per heavy atom. The highest BCUT2D eigenvalue weighted by Gasteiger charge is 2.38. The van der Waals surface area contributed by atoms with Crippen LogP contribution >= 0.6 is 11.8 Å². The summed E-state index contributed by atoms with van der Waals surface area (Å²) in [6, 6.07) is 18.7. The van der Waals surface area contributed by atoms with E-state index in [1.54, 1.807) is 11.8 Å². The number of hydrogen-bond acceptors (Lipinski definition) is 3. The van der Waals surface area contributed by atoms with Gasteiger partial charge in [0.2, 0.25) is 11.8 Å². The van der Waals surface area contributed by atoms with Gasteiger partial charge >= 0.3 is 0 Å².